The lowest BCUT2D eigenvalue weighted by Crippen LogP contribution is -2.44. The molecule has 0 bridgehead atoms. The number of hydrogen-bond acceptors (Lipinski definition) is 4. The van der Waals surface area contributed by atoms with E-state index in [0.717, 1.165) is 37.6 Å². The number of piperazine rings is 1. The molecule has 2 N–H and O–H groups in total. The second-order valence-corrected chi connectivity index (χ2v) is 7.37. The topological polar surface area (TPSA) is 47.6 Å². The van der Waals surface area contributed by atoms with E-state index in [9.17, 15) is 4.79 Å². The molecule has 1 aliphatic heterocycles. The number of likely N-dealkylation sites (N-methyl/N-ethyl adjacent to an activating group) is 1. The molecule has 1 aliphatic rings. The zero-order chi connectivity index (χ0) is 17.7. The molecule has 1 saturated heterocycles. The van der Waals surface area contributed by atoms with Crippen molar-refractivity contribution in [3.05, 3.63) is 23.2 Å². The van der Waals surface area contributed by atoms with Crippen LogP contribution in [0.15, 0.2) is 18.2 Å². The summed E-state index contributed by atoms with van der Waals surface area (Å²) in [5.74, 6) is 0.216. The van der Waals surface area contributed by atoms with Crippen LogP contribution in [0.3, 0.4) is 0 Å². The molecular weight excluding hydrogens is 344 g/mol. The Hall–Kier alpha value is -1.37. The predicted molar refractivity (Wildman–Crippen MR) is 105 cm³/mol. The predicted octanol–water partition coefficient (Wildman–Crippen LogP) is 2.95. The molecule has 5 nitrogen and oxygen atoms in total. The number of amides is 1. The maximum absolute atomic E-state index is 11.7. The zero-order valence-corrected chi connectivity index (χ0v) is 16.0. The summed E-state index contributed by atoms with van der Waals surface area (Å²) >= 11 is 11.6. The average molecular weight is 369 g/mol. The number of benzene rings is 1. The number of nitrogens with one attached hydrogen (secondary N) is 2. The normalized spacial score (nSPS) is 15.5. The highest BCUT2D eigenvalue weighted by Crippen LogP contribution is 2.29. The van der Waals surface area contributed by atoms with Gasteiger partial charge in [0.15, 0.2) is 5.11 Å². The van der Waals surface area contributed by atoms with Crippen molar-refractivity contribution in [2.75, 3.05) is 43.4 Å². The first-order valence-electron chi connectivity index (χ1n) is 8.19. The van der Waals surface area contributed by atoms with E-state index in [0.29, 0.717) is 22.5 Å². The van der Waals surface area contributed by atoms with Gasteiger partial charge in [-0.15, -0.1) is 0 Å². The fraction of sp³-hybridized carbons (Fsp3) is 0.529. The van der Waals surface area contributed by atoms with Gasteiger partial charge in [-0.25, -0.2) is 0 Å². The second kappa shape index (κ2) is 8.65. The van der Waals surface area contributed by atoms with E-state index in [1.807, 2.05) is 32.0 Å². The fourth-order valence-electron chi connectivity index (χ4n) is 2.60. The Kier molecular flexibility index (Phi) is 6.83. The van der Waals surface area contributed by atoms with E-state index >= 15 is 0 Å². The molecule has 1 aromatic rings. The minimum absolute atomic E-state index is 0.0809. The van der Waals surface area contributed by atoms with Crippen LogP contribution in [0, 0.1) is 5.92 Å². The van der Waals surface area contributed by atoms with Gasteiger partial charge >= 0.3 is 0 Å². The summed E-state index contributed by atoms with van der Waals surface area (Å²) in [6, 6.07) is 5.77. The van der Waals surface area contributed by atoms with E-state index in [2.05, 4.69) is 27.5 Å². The maximum Gasteiger partial charge on any atom is 0.226 e. The third kappa shape index (κ3) is 5.61. The van der Waals surface area contributed by atoms with Gasteiger partial charge in [0.1, 0.15) is 0 Å². The van der Waals surface area contributed by atoms with Crippen molar-refractivity contribution < 1.29 is 4.79 Å². The van der Waals surface area contributed by atoms with Crippen molar-refractivity contribution >= 4 is 46.2 Å². The van der Waals surface area contributed by atoms with Crippen LogP contribution < -0.4 is 15.5 Å². The molecule has 0 radical (unpaired) electrons. The lowest BCUT2D eigenvalue weighted by molar-refractivity contribution is -0.120. The summed E-state index contributed by atoms with van der Waals surface area (Å²) in [6.45, 7) is 7.98. The highest BCUT2D eigenvalue weighted by Gasteiger charge is 2.17. The minimum Gasteiger partial charge on any atom is -0.368 e. The number of hydrogen-bond donors (Lipinski definition) is 2. The maximum atomic E-state index is 11.7. The molecule has 0 spiro atoms. The van der Waals surface area contributed by atoms with Crippen LogP contribution >= 0.6 is 23.8 Å². The molecule has 1 heterocycles. The molecule has 1 fully saturated rings. The summed E-state index contributed by atoms with van der Waals surface area (Å²) in [6.07, 6.45) is 0.449. The van der Waals surface area contributed by atoms with Crippen molar-refractivity contribution in [1.29, 1.82) is 0 Å². The Labute approximate surface area is 154 Å². The Morgan fingerprint density at radius 2 is 1.96 bits per heavy atom. The van der Waals surface area contributed by atoms with Crippen molar-refractivity contribution in [2.24, 2.45) is 5.92 Å². The summed E-state index contributed by atoms with van der Waals surface area (Å²) in [5, 5.41) is 6.67. The third-order valence-electron chi connectivity index (χ3n) is 3.90. The van der Waals surface area contributed by atoms with Gasteiger partial charge in [-0.3, -0.25) is 4.79 Å². The first-order chi connectivity index (χ1) is 11.3. The Morgan fingerprint density at radius 1 is 1.29 bits per heavy atom. The molecule has 0 saturated carbocycles. The van der Waals surface area contributed by atoms with Gasteiger partial charge in [-0.1, -0.05) is 25.4 Å². The smallest absolute Gasteiger partial charge is 0.226 e. The van der Waals surface area contributed by atoms with Crippen molar-refractivity contribution in [1.82, 2.24) is 10.2 Å². The van der Waals surface area contributed by atoms with Gasteiger partial charge in [0.05, 0.1) is 10.7 Å². The van der Waals surface area contributed by atoms with Crippen LogP contribution in [0.1, 0.15) is 20.3 Å². The second-order valence-electron chi connectivity index (χ2n) is 6.56. The fourth-order valence-corrected chi connectivity index (χ4v) is 3.13. The summed E-state index contributed by atoms with van der Waals surface area (Å²) < 4.78 is 0. The Balaban J connectivity index is 1.94. The van der Waals surface area contributed by atoms with Gasteiger partial charge in [-0.05, 0) is 43.4 Å². The standard InChI is InChI=1S/C17H25ClN4OS/c1-12(2)10-16(23)20-17(24)19-13-4-5-15(14(18)11-13)22-8-6-21(3)7-9-22/h4-5,11-12H,6-10H2,1-3H3,(H2,19,20,23,24). The molecular formula is C17H25ClN4OS. The molecule has 1 amide bonds. The number of nitrogens with zero attached hydrogens (tertiary/aromatic N) is 2. The summed E-state index contributed by atoms with van der Waals surface area (Å²) in [7, 11) is 2.13. The number of anilines is 2. The lowest BCUT2D eigenvalue weighted by atomic mass is 10.1. The van der Waals surface area contributed by atoms with E-state index in [4.69, 9.17) is 23.8 Å². The SMILES string of the molecule is CC(C)CC(=O)NC(=S)Nc1ccc(N2CCN(C)CC2)c(Cl)c1. The molecule has 7 heteroatoms. The van der Waals surface area contributed by atoms with Crippen LogP contribution in [0.2, 0.25) is 5.02 Å². The van der Waals surface area contributed by atoms with E-state index in [1.165, 1.54) is 0 Å². The Bertz CT molecular complexity index is 600. The first-order valence-corrected chi connectivity index (χ1v) is 8.97. The third-order valence-corrected chi connectivity index (χ3v) is 4.40. The molecule has 1 aromatic carbocycles. The van der Waals surface area contributed by atoms with Crippen LogP contribution in [-0.4, -0.2) is 49.1 Å². The molecule has 0 aliphatic carbocycles. The largest absolute Gasteiger partial charge is 0.368 e. The molecule has 0 unspecified atom stereocenters. The highest BCUT2D eigenvalue weighted by molar-refractivity contribution is 7.80. The number of halogens is 1. The summed E-state index contributed by atoms with van der Waals surface area (Å²) in [4.78, 5) is 16.3. The number of rotatable bonds is 4. The number of carbonyl (C=O) groups is 1. The molecule has 0 aromatic heterocycles. The van der Waals surface area contributed by atoms with Crippen molar-refractivity contribution in [3.63, 3.8) is 0 Å². The molecule has 2 rings (SSSR count). The summed E-state index contributed by atoms with van der Waals surface area (Å²) in [5.41, 5.74) is 1.80. The van der Waals surface area contributed by atoms with Crippen molar-refractivity contribution in [2.45, 2.75) is 20.3 Å². The van der Waals surface area contributed by atoms with E-state index in [1.54, 1.807) is 0 Å². The Morgan fingerprint density at radius 3 is 2.54 bits per heavy atom. The first kappa shape index (κ1) is 19.0. The van der Waals surface area contributed by atoms with Crippen LogP contribution in [-0.2, 0) is 4.79 Å². The highest BCUT2D eigenvalue weighted by atomic mass is 35.5. The lowest BCUT2D eigenvalue weighted by Gasteiger charge is -2.34. The van der Waals surface area contributed by atoms with Crippen LogP contribution in [0.4, 0.5) is 11.4 Å². The molecule has 24 heavy (non-hydrogen) atoms. The minimum atomic E-state index is -0.0809. The molecule has 0 atom stereocenters. The number of carbonyl (C=O) groups excluding carboxylic acids is 1. The van der Waals surface area contributed by atoms with Gasteiger partial charge in [0.25, 0.3) is 0 Å². The van der Waals surface area contributed by atoms with Gasteiger partial charge < -0.3 is 20.4 Å². The van der Waals surface area contributed by atoms with E-state index in [-0.39, 0.29) is 5.91 Å². The average Bonchev–Trinajstić information content (AvgIpc) is 2.47. The van der Waals surface area contributed by atoms with Gasteiger partial charge in [0.2, 0.25) is 5.91 Å². The quantitative estimate of drug-likeness (QED) is 0.800. The zero-order valence-electron chi connectivity index (χ0n) is 14.4. The van der Waals surface area contributed by atoms with Gasteiger partial charge in [-0.2, -0.15) is 0 Å². The molecule has 132 valence electrons. The van der Waals surface area contributed by atoms with Gasteiger partial charge in [0, 0.05) is 38.3 Å². The van der Waals surface area contributed by atoms with Crippen molar-refractivity contribution in [3.8, 4) is 0 Å². The van der Waals surface area contributed by atoms with Crippen LogP contribution in [0.25, 0.3) is 0 Å². The van der Waals surface area contributed by atoms with Crippen LogP contribution in [0.5, 0.6) is 0 Å². The number of thiocarbonyl (C=S) groups is 1. The monoisotopic (exact) mass is 368 g/mol. The van der Waals surface area contributed by atoms with E-state index < -0.39 is 0 Å².